The van der Waals surface area contributed by atoms with E-state index in [2.05, 4.69) is 19.2 Å². The molecule has 0 unspecified atom stereocenters. The Morgan fingerprint density at radius 1 is 1.44 bits per heavy atom. The Kier molecular flexibility index (Phi) is 4.65. The van der Waals surface area contributed by atoms with E-state index < -0.39 is 0 Å². The number of amides is 1. The molecule has 2 rings (SSSR count). The fourth-order valence-electron chi connectivity index (χ4n) is 2.40. The van der Waals surface area contributed by atoms with Gasteiger partial charge < -0.3 is 10.2 Å². The molecule has 1 aliphatic heterocycles. The summed E-state index contributed by atoms with van der Waals surface area (Å²) in [6, 6.07) is 4.66. The summed E-state index contributed by atoms with van der Waals surface area (Å²) in [5.74, 6) is 0.250. The van der Waals surface area contributed by atoms with E-state index in [1.165, 1.54) is 4.88 Å². The minimum absolute atomic E-state index is 0.250. The SMILES string of the molecule is C[C@@H]1CN(C(=O)CCc2ccc(Cl)s2)C[C@H](C)N1. The molecule has 1 aromatic heterocycles. The molecule has 1 fully saturated rings. The van der Waals surface area contributed by atoms with Gasteiger partial charge in [-0.1, -0.05) is 11.6 Å². The highest BCUT2D eigenvalue weighted by Crippen LogP contribution is 2.22. The molecule has 1 saturated heterocycles. The topological polar surface area (TPSA) is 32.3 Å². The van der Waals surface area contributed by atoms with Crippen LogP contribution in [0.5, 0.6) is 0 Å². The molecule has 0 bridgehead atoms. The lowest BCUT2D eigenvalue weighted by atomic mass is 10.1. The molecular weight excluding hydrogens is 268 g/mol. The summed E-state index contributed by atoms with van der Waals surface area (Å²) in [5, 5.41) is 3.43. The van der Waals surface area contributed by atoms with Crippen molar-refractivity contribution in [3.63, 3.8) is 0 Å². The molecule has 0 saturated carbocycles. The lowest BCUT2D eigenvalue weighted by molar-refractivity contribution is -0.132. The maximum atomic E-state index is 12.1. The van der Waals surface area contributed by atoms with Crippen LogP contribution in [0.4, 0.5) is 0 Å². The number of carbonyl (C=O) groups is 1. The zero-order chi connectivity index (χ0) is 13.1. The van der Waals surface area contributed by atoms with Crippen LogP contribution < -0.4 is 5.32 Å². The predicted molar refractivity (Wildman–Crippen MR) is 76.3 cm³/mol. The molecule has 100 valence electrons. The molecule has 3 nitrogen and oxygen atoms in total. The minimum Gasteiger partial charge on any atom is -0.340 e. The number of aryl methyl sites for hydroxylation is 1. The Labute approximate surface area is 117 Å². The highest BCUT2D eigenvalue weighted by molar-refractivity contribution is 7.16. The smallest absolute Gasteiger partial charge is 0.223 e. The molecule has 0 spiro atoms. The van der Waals surface area contributed by atoms with Crippen molar-refractivity contribution in [2.45, 2.75) is 38.8 Å². The van der Waals surface area contributed by atoms with Crippen molar-refractivity contribution in [3.05, 3.63) is 21.3 Å². The van der Waals surface area contributed by atoms with Gasteiger partial charge in [0.15, 0.2) is 0 Å². The molecule has 0 aliphatic carbocycles. The average molecular weight is 287 g/mol. The zero-order valence-electron chi connectivity index (χ0n) is 10.8. The summed E-state index contributed by atoms with van der Waals surface area (Å²) >= 11 is 7.44. The third-order valence-electron chi connectivity index (χ3n) is 3.12. The van der Waals surface area contributed by atoms with E-state index in [0.29, 0.717) is 18.5 Å². The number of rotatable bonds is 3. The third-order valence-corrected chi connectivity index (χ3v) is 4.42. The van der Waals surface area contributed by atoms with Gasteiger partial charge in [0.25, 0.3) is 0 Å². The lowest BCUT2D eigenvalue weighted by Gasteiger charge is -2.36. The number of thiophene rings is 1. The van der Waals surface area contributed by atoms with Gasteiger partial charge >= 0.3 is 0 Å². The second-order valence-electron chi connectivity index (χ2n) is 4.97. The first-order valence-corrected chi connectivity index (χ1v) is 7.52. The number of halogens is 1. The molecule has 2 atom stereocenters. The number of hydrogen-bond donors (Lipinski definition) is 1. The Morgan fingerprint density at radius 2 is 2.11 bits per heavy atom. The van der Waals surface area contributed by atoms with Gasteiger partial charge in [0, 0.05) is 36.5 Å². The van der Waals surface area contributed by atoms with Crippen LogP contribution in [0.15, 0.2) is 12.1 Å². The normalized spacial score (nSPS) is 24.3. The number of nitrogens with one attached hydrogen (secondary N) is 1. The van der Waals surface area contributed by atoms with Crippen LogP contribution >= 0.6 is 22.9 Å². The van der Waals surface area contributed by atoms with E-state index in [1.54, 1.807) is 11.3 Å². The quantitative estimate of drug-likeness (QED) is 0.926. The van der Waals surface area contributed by atoms with E-state index in [4.69, 9.17) is 11.6 Å². The Balaban J connectivity index is 1.84. The first kappa shape index (κ1) is 13.8. The molecule has 5 heteroatoms. The standard InChI is InChI=1S/C13H19ClN2OS/c1-9-7-16(8-10(2)15-9)13(17)6-4-11-3-5-12(14)18-11/h3,5,9-10,15H,4,6-8H2,1-2H3/t9-,10+. The average Bonchev–Trinajstić information content (AvgIpc) is 2.70. The number of piperazine rings is 1. The highest BCUT2D eigenvalue weighted by atomic mass is 35.5. The summed E-state index contributed by atoms with van der Waals surface area (Å²) in [6.07, 6.45) is 1.37. The summed E-state index contributed by atoms with van der Waals surface area (Å²) in [4.78, 5) is 15.3. The molecule has 1 N–H and O–H groups in total. The molecule has 1 amide bonds. The van der Waals surface area contributed by atoms with E-state index in [-0.39, 0.29) is 5.91 Å². The van der Waals surface area contributed by atoms with Crippen LogP contribution in [0.2, 0.25) is 4.34 Å². The van der Waals surface area contributed by atoms with E-state index in [9.17, 15) is 4.79 Å². The molecule has 18 heavy (non-hydrogen) atoms. The van der Waals surface area contributed by atoms with Crippen LogP contribution in [-0.2, 0) is 11.2 Å². The second kappa shape index (κ2) is 6.04. The second-order valence-corrected chi connectivity index (χ2v) is 6.77. The fraction of sp³-hybridized carbons (Fsp3) is 0.615. The summed E-state index contributed by atoms with van der Waals surface area (Å²) in [5.41, 5.74) is 0. The number of hydrogen-bond acceptors (Lipinski definition) is 3. The fourth-order valence-corrected chi connectivity index (χ4v) is 3.49. The molecule has 2 heterocycles. The van der Waals surface area contributed by atoms with Crippen LogP contribution in [0.25, 0.3) is 0 Å². The van der Waals surface area contributed by atoms with Crippen molar-refractivity contribution in [2.24, 2.45) is 0 Å². The molecule has 0 radical (unpaired) electrons. The van der Waals surface area contributed by atoms with Gasteiger partial charge in [-0.05, 0) is 32.4 Å². The van der Waals surface area contributed by atoms with Gasteiger partial charge in [0.05, 0.1) is 4.34 Å². The number of carbonyl (C=O) groups excluding carboxylic acids is 1. The van der Waals surface area contributed by atoms with Crippen molar-refractivity contribution in [1.29, 1.82) is 0 Å². The predicted octanol–water partition coefficient (Wildman–Crippen LogP) is 2.54. The van der Waals surface area contributed by atoms with Crippen LogP contribution in [0, 0.1) is 0 Å². The van der Waals surface area contributed by atoms with Gasteiger partial charge in [0.2, 0.25) is 5.91 Å². The van der Waals surface area contributed by atoms with Gasteiger partial charge in [-0.25, -0.2) is 0 Å². The number of nitrogens with zero attached hydrogens (tertiary/aromatic N) is 1. The highest BCUT2D eigenvalue weighted by Gasteiger charge is 2.24. The Bertz CT molecular complexity index is 411. The van der Waals surface area contributed by atoms with Crippen molar-refractivity contribution in [2.75, 3.05) is 13.1 Å². The van der Waals surface area contributed by atoms with E-state index in [1.807, 2.05) is 17.0 Å². The van der Waals surface area contributed by atoms with E-state index in [0.717, 1.165) is 23.8 Å². The van der Waals surface area contributed by atoms with Crippen LogP contribution in [-0.4, -0.2) is 36.0 Å². The molecule has 1 aromatic rings. The summed E-state index contributed by atoms with van der Waals surface area (Å²) in [6.45, 7) is 5.87. The maximum absolute atomic E-state index is 12.1. The minimum atomic E-state index is 0.250. The third kappa shape index (κ3) is 3.70. The largest absolute Gasteiger partial charge is 0.340 e. The van der Waals surface area contributed by atoms with Crippen LogP contribution in [0.1, 0.15) is 25.1 Å². The van der Waals surface area contributed by atoms with Crippen LogP contribution in [0.3, 0.4) is 0 Å². The lowest BCUT2D eigenvalue weighted by Crippen LogP contribution is -2.55. The zero-order valence-corrected chi connectivity index (χ0v) is 12.4. The Hall–Kier alpha value is -0.580. The van der Waals surface area contributed by atoms with Gasteiger partial charge in [-0.15, -0.1) is 11.3 Å². The summed E-state index contributed by atoms with van der Waals surface area (Å²) in [7, 11) is 0. The van der Waals surface area contributed by atoms with Crippen molar-refractivity contribution in [1.82, 2.24) is 10.2 Å². The maximum Gasteiger partial charge on any atom is 0.223 e. The van der Waals surface area contributed by atoms with Crippen molar-refractivity contribution >= 4 is 28.8 Å². The van der Waals surface area contributed by atoms with Gasteiger partial charge in [-0.3, -0.25) is 4.79 Å². The summed E-state index contributed by atoms with van der Waals surface area (Å²) < 4.78 is 0.793. The van der Waals surface area contributed by atoms with Gasteiger partial charge in [-0.2, -0.15) is 0 Å². The first-order chi connectivity index (χ1) is 8.54. The first-order valence-electron chi connectivity index (χ1n) is 6.32. The molecular formula is C13H19ClN2OS. The van der Waals surface area contributed by atoms with Gasteiger partial charge in [0.1, 0.15) is 0 Å². The molecule has 1 aliphatic rings. The van der Waals surface area contributed by atoms with Crippen molar-refractivity contribution < 1.29 is 4.79 Å². The van der Waals surface area contributed by atoms with Crippen molar-refractivity contribution in [3.8, 4) is 0 Å². The van der Waals surface area contributed by atoms with E-state index >= 15 is 0 Å². The molecule has 0 aromatic carbocycles. The Morgan fingerprint density at radius 3 is 2.67 bits per heavy atom. The monoisotopic (exact) mass is 286 g/mol.